The number of aromatic nitrogens is 3. The van der Waals surface area contributed by atoms with Crippen LogP contribution in [0.25, 0.3) is 11.3 Å². The van der Waals surface area contributed by atoms with Gasteiger partial charge in [-0.1, -0.05) is 0 Å². The average molecular weight is 214 g/mol. The van der Waals surface area contributed by atoms with Gasteiger partial charge in [-0.25, -0.2) is 9.97 Å². The maximum Gasteiger partial charge on any atom is 0.123 e. The first-order chi connectivity index (χ1) is 7.84. The third-order valence-corrected chi connectivity index (χ3v) is 3.21. The molecule has 0 amide bonds. The van der Waals surface area contributed by atoms with E-state index in [4.69, 9.17) is 5.73 Å². The summed E-state index contributed by atoms with van der Waals surface area (Å²) in [5, 5.41) is 0. The van der Waals surface area contributed by atoms with Crippen molar-refractivity contribution in [3.05, 3.63) is 30.9 Å². The predicted octanol–water partition coefficient (Wildman–Crippen LogP) is 2.25. The van der Waals surface area contributed by atoms with Crippen molar-refractivity contribution >= 4 is 5.82 Å². The number of nitrogens with two attached hydrogens (primary N) is 1. The van der Waals surface area contributed by atoms with Gasteiger partial charge in [-0.3, -0.25) is 0 Å². The Hall–Kier alpha value is -1.84. The van der Waals surface area contributed by atoms with Gasteiger partial charge < -0.3 is 10.3 Å². The van der Waals surface area contributed by atoms with E-state index in [1.807, 2.05) is 24.7 Å². The molecule has 0 atom stereocenters. The minimum atomic E-state index is 0.554. The van der Waals surface area contributed by atoms with Crippen LogP contribution in [0, 0.1) is 0 Å². The molecule has 4 heteroatoms. The van der Waals surface area contributed by atoms with Crippen molar-refractivity contribution in [2.75, 3.05) is 5.73 Å². The molecule has 4 nitrogen and oxygen atoms in total. The van der Waals surface area contributed by atoms with Crippen molar-refractivity contribution in [1.82, 2.24) is 14.5 Å². The van der Waals surface area contributed by atoms with Crippen LogP contribution in [-0.4, -0.2) is 14.5 Å². The molecular weight excluding hydrogens is 200 g/mol. The molecule has 0 aromatic carbocycles. The first-order valence-corrected chi connectivity index (χ1v) is 5.58. The van der Waals surface area contributed by atoms with E-state index in [-0.39, 0.29) is 0 Å². The zero-order valence-corrected chi connectivity index (χ0v) is 9.00. The Morgan fingerprint density at radius 3 is 2.94 bits per heavy atom. The zero-order chi connectivity index (χ0) is 11.0. The van der Waals surface area contributed by atoms with Crippen molar-refractivity contribution in [3.8, 4) is 11.3 Å². The van der Waals surface area contributed by atoms with Gasteiger partial charge >= 0.3 is 0 Å². The van der Waals surface area contributed by atoms with E-state index in [0.717, 1.165) is 11.3 Å². The summed E-state index contributed by atoms with van der Waals surface area (Å²) in [6.45, 7) is 0. The summed E-state index contributed by atoms with van der Waals surface area (Å²) in [5.74, 6) is 0.554. The van der Waals surface area contributed by atoms with Gasteiger partial charge in [-0.05, 0) is 31.4 Å². The van der Waals surface area contributed by atoms with Crippen LogP contribution >= 0.6 is 0 Å². The lowest BCUT2D eigenvalue weighted by Crippen LogP contribution is -2.16. The van der Waals surface area contributed by atoms with E-state index in [9.17, 15) is 0 Å². The second-order valence-corrected chi connectivity index (χ2v) is 4.24. The topological polar surface area (TPSA) is 56.7 Å². The predicted molar refractivity (Wildman–Crippen MR) is 62.8 cm³/mol. The van der Waals surface area contributed by atoms with Crippen molar-refractivity contribution in [2.45, 2.75) is 25.3 Å². The highest BCUT2D eigenvalue weighted by molar-refractivity contribution is 5.61. The number of rotatable bonds is 2. The minimum absolute atomic E-state index is 0.554. The summed E-state index contributed by atoms with van der Waals surface area (Å²) in [6, 6.07) is 4.49. The minimum Gasteiger partial charge on any atom is -0.384 e. The summed E-state index contributed by atoms with van der Waals surface area (Å²) in [4.78, 5) is 8.24. The summed E-state index contributed by atoms with van der Waals surface area (Å²) in [5.41, 5.74) is 7.93. The highest BCUT2D eigenvalue weighted by Crippen LogP contribution is 2.35. The van der Waals surface area contributed by atoms with Crippen LogP contribution in [0.2, 0.25) is 0 Å². The lowest BCUT2D eigenvalue weighted by Gasteiger charge is -2.28. The Labute approximate surface area is 94.1 Å². The Kier molecular flexibility index (Phi) is 2.13. The van der Waals surface area contributed by atoms with Crippen molar-refractivity contribution < 1.29 is 0 Å². The Bertz CT molecular complexity index is 499. The fourth-order valence-corrected chi connectivity index (χ4v) is 2.09. The molecule has 3 rings (SSSR count). The van der Waals surface area contributed by atoms with E-state index in [1.165, 1.54) is 19.3 Å². The number of nitrogens with zero attached hydrogens (tertiary/aromatic N) is 3. The van der Waals surface area contributed by atoms with Gasteiger partial charge in [0.2, 0.25) is 0 Å². The van der Waals surface area contributed by atoms with Crippen LogP contribution in [0.1, 0.15) is 25.3 Å². The third-order valence-electron chi connectivity index (χ3n) is 3.21. The van der Waals surface area contributed by atoms with Gasteiger partial charge in [0, 0.05) is 17.8 Å². The Balaban J connectivity index is 2.02. The van der Waals surface area contributed by atoms with E-state index in [1.54, 1.807) is 6.20 Å². The molecule has 2 N–H and O–H groups in total. The van der Waals surface area contributed by atoms with Crippen LogP contribution in [0.3, 0.4) is 0 Å². The van der Waals surface area contributed by atoms with Gasteiger partial charge in [0.15, 0.2) is 0 Å². The molecule has 16 heavy (non-hydrogen) atoms. The fraction of sp³-hybridized carbons (Fsp3) is 0.333. The number of hydrogen-bond acceptors (Lipinski definition) is 3. The monoisotopic (exact) mass is 214 g/mol. The number of hydrogen-bond donors (Lipinski definition) is 1. The van der Waals surface area contributed by atoms with Gasteiger partial charge in [0.1, 0.15) is 5.82 Å². The molecule has 2 heterocycles. The number of anilines is 1. The first kappa shape index (κ1) is 9.39. The van der Waals surface area contributed by atoms with Crippen LogP contribution in [0.5, 0.6) is 0 Å². The van der Waals surface area contributed by atoms with E-state index in [2.05, 4.69) is 14.5 Å². The molecule has 0 aliphatic heterocycles. The largest absolute Gasteiger partial charge is 0.384 e. The molecular formula is C12H14N4. The molecule has 2 aromatic heterocycles. The molecule has 82 valence electrons. The number of imidazole rings is 1. The van der Waals surface area contributed by atoms with Gasteiger partial charge in [-0.15, -0.1) is 0 Å². The molecule has 0 unspecified atom stereocenters. The molecule has 2 aromatic rings. The average Bonchev–Trinajstić information content (AvgIpc) is 2.64. The van der Waals surface area contributed by atoms with Crippen LogP contribution in [-0.2, 0) is 0 Å². The normalized spacial score (nSPS) is 16.0. The third kappa shape index (κ3) is 1.46. The number of pyridine rings is 1. The van der Waals surface area contributed by atoms with Crippen LogP contribution in [0.4, 0.5) is 5.82 Å². The standard InChI is InChI=1S/C12H14N4/c13-12-6-9(4-5-15-12)11-7-14-8-16(11)10-2-1-3-10/h4-8,10H,1-3H2,(H2,13,15). The summed E-state index contributed by atoms with van der Waals surface area (Å²) >= 11 is 0. The molecule has 1 fully saturated rings. The fourth-order valence-electron chi connectivity index (χ4n) is 2.09. The lowest BCUT2D eigenvalue weighted by atomic mass is 9.92. The van der Waals surface area contributed by atoms with Gasteiger partial charge in [0.05, 0.1) is 18.2 Å². The highest BCUT2D eigenvalue weighted by Gasteiger charge is 2.21. The van der Waals surface area contributed by atoms with Crippen LogP contribution in [0.15, 0.2) is 30.9 Å². The smallest absolute Gasteiger partial charge is 0.123 e. The quantitative estimate of drug-likeness (QED) is 0.834. The molecule has 0 spiro atoms. The second kappa shape index (κ2) is 3.63. The number of nitrogen functional groups attached to an aromatic ring is 1. The maximum atomic E-state index is 5.70. The SMILES string of the molecule is Nc1cc(-c2cncn2C2CCC2)ccn1. The van der Waals surface area contributed by atoms with Crippen LogP contribution < -0.4 is 5.73 Å². The van der Waals surface area contributed by atoms with Crippen molar-refractivity contribution in [3.63, 3.8) is 0 Å². The summed E-state index contributed by atoms with van der Waals surface area (Å²) in [6.07, 6.45) is 9.38. The van der Waals surface area contributed by atoms with E-state index < -0.39 is 0 Å². The molecule has 0 radical (unpaired) electrons. The first-order valence-electron chi connectivity index (χ1n) is 5.58. The molecule has 0 bridgehead atoms. The van der Waals surface area contributed by atoms with Gasteiger partial charge in [0.25, 0.3) is 0 Å². The molecule has 1 aliphatic rings. The van der Waals surface area contributed by atoms with Crippen molar-refractivity contribution in [1.29, 1.82) is 0 Å². The van der Waals surface area contributed by atoms with E-state index >= 15 is 0 Å². The zero-order valence-electron chi connectivity index (χ0n) is 9.00. The highest BCUT2D eigenvalue weighted by atomic mass is 15.1. The Morgan fingerprint density at radius 2 is 2.25 bits per heavy atom. The lowest BCUT2D eigenvalue weighted by molar-refractivity contribution is 0.316. The molecule has 1 aliphatic carbocycles. The van der Waals surface area contributed by atoms with Crippen molar-refractivity contribution in [2.24, 2.45) is 0 Å². The molecule has 1 saturated carbocycles. The summed E-state index contributed by atoms with van der Waals surface area (Å²) < 4.78 is 2.25. The second-order valence-electron chi connectivity index (χ2n) is 4.24. The maximum absolute atomic E-state index is 5.70. The van der Waals surface area contributed by atoms with E-state index in [0.29, 0.717) is 11.9 Å². The van der Waals surface area contributed by atoms with Gasteiger partial charge in [-0.2, -0.15) is 0 Å². The Morgan fingerprint density at radius 1 is 1.38 bits per heavy atom. The summed E-state index contributed by atoms with van der Waals surface area (Å²) in [7, 11) is 0. The molecule has 0 saturated heterocycles.